The number of nitrogens with one attached hydrogen (secondary N) is 1. The standard InChI is InChI=1S/C12H18F3N3OS/c1-7(18-20(19)11(2,3)4)9-5-8(16)6-10(17-9)12(13,14)15/h5-7,18H,1-4H3,(H2,16,17)/t7?,20-/m1/s1. The SMILES string of the molecule is CC(N[S@+]([O-])C(C)(C)C)c1cc(N)cc(C(F)(F)F)n1. The predicted molar refractivity (Wildman–Crippen MR) is 73.1 cm³/mol. The summed E-state index contributed by atoms with van der Waals surface area (Å²) in [6.45, 7) is 6.87. The van der Waals surface area contributed by atoms with Gasteiger partial charge in [-0.15, -0.1) is 4.72 Å². The van der Waals surface area contributed by atoms with Crippen molar-refractivity contribution >= 4 is 17.0 Å². The summed E-state index contributed by atoms with van der Waals surface area (Å²) in [4.78, 5) is 3.54. The summed E-state index contributed by atoms with van der Waals surface area (Å²) in [5.41, 5.74) is 4.49. The molecule has 1 rings (SSSR count). The van der Waals surface area contributed by atoms with Crippen LogP contribution in [0.4, 0.5) is 18.9 Å². The Morgan fingerprint density at radius 3 is 2.30 bits per heavy atom. The summed E-state index contributed by atoms with van der Waals surface area (Å²) in [5.74, 6) is 0. The molecule has 1 aromatic rings. The van der Waals surface area contributed by atoms with E-state index in [1.807, 2.05) is 0 Å². The molecule has 3 N–H and O–H groups in total. The van der Waals surface area contributed by atoms with Gasteiger partial charge in [-0.05, 0) is 39.8 Å². The number of anilines is 1. The summed E-state index contributed by atoms with van der Waals surface area (Å²) < 4.78 is 52.1. The number of nitrogens with two attached hydrogens (primary N) is 1. The minimum absolute atomic E-state index is 0.0301. The van der Waals surface area contributed by atoms with Gasteiger partial charge in [0.05, 0.1) is 11.7 Å². The maximum Gasteiger partial charge on any atom is 0.433 e. The fourth-order valence-corrected chi connectivity index (χ4v) is 2.13. The number of nitrogens with zero attached hydrogens (tertiary/aromatic N) is 1. The first kappa shape index (κ1) is 17.1. The molecule has 8 heteroatoms. The summed E-state index contributed by atoms with van der Waals surface area (Å²) in [5, 5.41) is 0. The first-order valence-electron chi connectivity index (χ1n) is 5.94. The molecule has 0 aromatic carbocycles. The Balaban J connectivity index is 2.99. The predicted octanol–water partition coefficient (Wildman–Crippen LogP) is 2.80. The lowest BCUT2D eigenvalue weighted by molar-refractivity contribution is -0.141. The topological polar surface area (TPSA) is 74.0 Å². The number of rotatable bonds is 3. The third-order valence-electron chi connectivity index (χ3n) is 2.44. The van der Waals surface area contributed by atoms with Gasteiger partial charge in [-0.3, -0.25) is 0 Å². The molecule has 1 aromatic heterocycles. The van der Waals surface area contributed by atoms with E-state index in [1.165, 1.54) is 6.07 Å². The van der Waals surface area contributed by atoms with Crippen molar-refractivity contribution < 1.29 is 17.7 Å². The molecule has 0 radical (unpaired) electrons. The van der Waals surface area contributed by atoms with E-state index in [9.17, 15) is 17.7 Å². The third-order valence-corrected chi connectivity index (χ3v) is 4.12. The Morgan fingerprint density at radius 2 is 1.85 bits per heavy atom. The van der Waals surface area contributed by atoms with Crippen LogP contribution in [0.3, 0.4) is 0 Å². The molecule has 0 aliphatic heterocycles. The van der Waals surface area contributed by atoms with E-state index in [0.29, 0.717) is 0 Å². The molecule has 4 nitrogen and oxygen atoms in total. The fourth-order valence-electron chi connectivity index (χ4n) is 1.34. The summed E-state index contributed by atoms with van der Waals surface area (Å²) >= 11 is -1.41. The lowest BCUT2D eigenvalue weighted by atomic mass is 10.2. The van der Waals surface area contributed by atoms with E-state index in [1.54, 1.807) is 27.7 Å². The van der Waals surface area contributed by atoms with Gasteiger partial charge in [-0.1, -0.05) is 0 Å². The molecular weight excluding hydrogens is 291 g/mol. The Hall–Kier alpha value is -0.990. The van der Waals surface area contributed by atoms with Crippen LogP contribution in [0.1, 0.15) is 45.1 Å². The average molecular weight is 309 g/mol. The number of halogens is 3. The van der Waals surface area contributed by atoms with Crippen LogP contribution in [0, 0.1) is 0 Å². The minimum atomic E-state index is -4.56. The number of nitrogen functional groups attached to an aromatic ring is 1. The van der Waals surface area contributed by atoms with Gasteiger partial charge >= 0.3 is 6.18 Å². The Kier molecular flexibility index (Phi) is 4.94. The van der Waals surface area contributed by atoms with Gasteiger partial charge in [0.1, 0.15) is 10.4 Å². The maximum atomic E-state index is 12.7. The molecule has 0 amide bonds. The highest BCUT2D eigenvalue weighted by Crippen LogP contribution is 2.30. The van der Waals surface area contributed by atoms with Crippen LogP contribution in [-0.2, 0) is 17.5 Å². The van der Waals surface area contributed by atoms with Crippen LogP contribution in [0.25, 0.3) is 0 Å². The largest absolute Gasteiger partial charge is 0.598 e. The maximum absolute atomic E-state index is 12.7. The highest BCUT2D eigenvalue weighted by Gasteiger charge is 2.34. The van der Waals surface area contributed by atoms with Gasteiger partial charge in [0.25, 0.3) is 0 Å². The molecule has 114 valence electrons. The molecular formula is C12H18F3N3OS. The van der Waals surface area contributed by atoms with Crippen molar-refractivity contribution in [3.05, 3.63) is 23.5 Å². The van der Waals surface area contributed by atoms with Crippen LogP contribution in [0.5, 0.6) is 0 Å². The molecule has 20 heavy (non-hydrogen) atoms. The number of pyridine rings is 1. The molecule has 0 bridgehead atoms. The zero-order valence-electron chi connectivity index (χ0n) is 11.7. The van der Waals surface area contributed by atoms with Crippen molar-refractivity contribution in [1.29, 1.82) is 0 Å². The molecule has 0 aliphatic carbocycles. The van der Waals surface area contributed by atoms with E-state index in [-0.39, 0.29) is 11.4 Å². The van der Waals surface area contributed by atoms with E-state index in [4.69, 9.17) is 5.73 Å². The van der Waals surface area contributed by atoms with Crippen LogP contribution in [-0.4, -0.2) is 14.3 Å². The number of hydrogen-bond donors (Lipinski definition) is 2. The van der Waals surface area contributed by atoms with Gasteiger partial charge in [0, 0.05) is 17.0 Å². The lowest BCUT2D eigenvalue weighted by Gasteiger charge is -2.26. The zero-order chi connectivity index (χ0) is 15.7. The summed E-state index contributed by atoms with van der Waals surface area (Å²) in [6, 6.07) is 1.50. The van der Waals surface area contributed by atoms with E-state index in [0.717, 1.165) is 6.07 Å². The van der Waals surface area contributed by atoms with Crippen molar-refractivity contribution in [2.24, 2.45) is 0 Å². The highest BCUT2D eigenvalue weighted by atomic mass is 32.2. The van der Waals surface area contributed by atoms with Crippen LogP contribution in [0.2, 0.25) is 0 Å². The van der Waals surface area contributed by atoms with Crippen LogP contribution < -0.4 is 10.5 Å². The molecule has 2 atom stereocenters. The molecule has 0 aliphatic rings. The Morgan fingerprint density at radius 1 is 1.30 bits per heavy atom. The summed E-state index contributed by atoms with van der Waals surface area (Å²) in [6.07, 6.45) is -4.56. The van der Waals surface area contributed by atoms with Gasteiger partial charge in [-0.25, -0.2) is 4.98 Å². The molecule has 0 fully saturated rings. The second-order valence-corrected chi connectivity index (χ2v) is 7.43. The third kappa shape index (κ3) is 4.53. The van der Waals surface area contributed by atoms with E-state index < -0.39 is 34.0 Å². The molecule has 1 unspecified atom stereocenters. The van der Waals surface area contributed by atoms with Gasteiger partial charge in [0.2, 0.25) is 0 Å². The fraction of sp³-hybridized carbons (Fsp3) is 0.583. The number of aromatic nitrogens is 1. The van der Waals surface area contributed by atoms with Crippen LogP contribution in [0.15, 0.2) is 12.1 Å². The van der Waals surface area contributed by atoms with Gasteiger partial charge < -0.3 is 10.3 Å². The van der Waals surface area contributed by atoms with Gasteiger partial charge in [0.15, 0.2) is 0 Å². The van der Waals surface area contributed by atoms with Gasteiger partial charge in [-0.2, -0.15) is 13.2 Å². The Labute approximate surface area is 119 Å². The second kappa shape index (κ2) is 5.79. The minimum Gasteiger partial charge on any atom is -0.598 e. The normalized spacial score (nSPS) is 16.0. The van der Waals surface area contributed by atoms with Crippen molar-refractivity contribution in [3.63, 3.8) is 0 Å². The number of alkyl halides is 3. The second-order valence-electron chi connectivity index (χ2n) is 5.43. The molecule has 0 saturated carbocycles. The Bertz CT molecular complexity index is 474. The molecule has 0 spiro atoms. The van der Waals surface area contributed by atoms with E-state index in [2.05, 4.69) is 9.71 Å². The van der Waals surface area contributed by atoms with Crippen molar-refractivity contribution in [1.82, 2.24) is 9.71 Å². The monoisotopic (exact) mass is 309 g/mol. The summed E-state index contributed by atoms with van der Waals surface area (Å²) in [7, 11) is 0. The quantitative estimate of drug-likeness (QED) is 0.842. The molecule has 1 heterocycles. The molecule has 0 saturated heterocycles. The first-order valence-corrected chi connectivity index (χ1v) is 7.09. The van der Waals surface area contributed by atoms with Crippen molar-refractivity contribution in [3.8, 4) is 0 Å². The van der Waals surface area contributed by atoms with Crippen molar-refractivity contribution in [2.75, 3.05) is 5.73 Å². The zero-order valence-corrected chi connectivity index (χ0v) is 12.5. The smallest absolute Gasteiger partial charge is 0.433 e. The number of hydrogen-bond acceptors (Lipinski definition) is 4. The first-order chi connectivity index (χ1) is 8.91. The van der Waals surface area contributed by atoms with E-state index >= 15 is 0 Å². The van der Waals surface area contributed by atoms with Crippen molar-refractivity contribution in [2.45, 2.75) is 44.7 Å². The average Bonchev–Trinajstić information content (AvgIpc) is 2.25. The lowest BCUT2D eigenvalue weighted by Crippen LogP contribution is -2.40. The highest BCUT2D eigenvalue weighted by molar-refractivity contribution is 7.90. The van der Waals surface area contributed by atoms with Crippen LogP contribution >= 0.6 is 0 Å².